The smallest absolute Gasteiger partial charge is 0.357 e. The Hall–Kier alpha value is -3.75. The molecule has 1 aromatic carbocycles. The van der Waals surface area contributed by atoms with E-state index in [1.165, 1.54) is 19.2 Å². The number of nitrogens with one attached hydrogen (secondary N) is 2. The summed E-state index contributed by atoms with van der Waals surface area (Å²) in [4.78, 5) is 52.3. The fourth-order valence-corrected chi connectivity index (χ4v) is 2.55. The number of rotatable bonds is 5. The van der Waals surface area contributed by atoms with Crippen molar-refractivity contribution in [2.75, 3.05) is 6.61 Å². The van der Waals surface area contributed by atoms with Gasteiger partial charge in [0.15, 0.2) is 6.61 Å². The number of ether oxygens (including phenoxy) is 1. The third-order valence-corrected chi connectivity index (χ3v) is 3.99. The van der Waals surface area contributed by atoms with Gasteiger partial charge in [-0.25, -0.2) is 14.6 Å². The summed E-state index contributed by atoms with van der Waals surface area (Å²) in [5, 5.41) is 3.12. The number of amides is 4. The van der Waals surface area contributed by atoms with E-state index in [0.717, 1.165) is 0 Å². The lowest BCUT2D eigenvalue weighted by Gasteiger charge is -2.22. The Kier molecular flexibility index (Phi) is 4.84. The highest BCUT2D eigenvalue weighted by atomic mass is 16.5. The van der Waals surface area contributed by atoms with Gasteiger partial charge < -0.3 is 10.1 Å². The molecule has 2 heterocycles. The van der Waals surface area contributed by atoms with E-state index in [1.54, 1.807) is 42.5 Å². The summed E-state index contributed by atoms with van der Waals surface area (Å²) in [5.74, 6) is -2.28. The van der Waals surface area contributed by atoms with Gasteiger partial charge in [-0.15, -0.1) is 0 Å². The third-order valence-electron chi connectivity index (χ3n) is 3.99. The number of imide groups is 1. The first kappa shape index (κ1) is 18.1. The molecular formula is C18H16N4O5. The molecule has 27 heavy (non-hydrogen) atoms. The van der Waals surface area contributed by atoms with Crippen LogP contribution in [0, 0.1) is 0 Å². The van der Waals surface area contributed by atoms with E-state index < -0.39 is 36.0 Å². The molecule has 0 saturated carbocycles. The number of hydrazine groups is 1. The molecule has 1 fully saturated rings. The van der Waals surface area contributed by atoms with Crippen LogP contribution >= 0.6 is 0 Å². The second-order valence-electron chi connectivity index (χ2n) is 5.89. The maximum absolute atomic E-state index is 12.6. The molecule has 4 amide bonds. The van der Waals surface area contributed by atoms with Gasteiger partial charge >= 0.3 is 12.0 Å². The molecule has 0 bridgehead atoms. The van der Waals surface area contributed by atoms with E-state index in [9.17, 15) is 19.2 Å². The normalized spacial score (nSPS) is 18.8. The Balaban J connectivity index is 1.62. The molecule has 2 aromatic rings. The van der Waals surface area contributed by atoms with Crippen LogP contribution in [0.25, 0.3) is 0 Å². The standard InChI is InChI=1S/C18H16N4O5/c1-18(12-7-3-2-4-8-12)16(25)22(17(26)20-18)21-14(23)11-27-15(24)13-9-5-6-10-19-13/h2-10H,11H2,1H3,(H,20,26)(H,21,23). The number of nitrogens with zero attached hydrogens (tertiary/aromatic N) is 2. The Morgan fingerprint density at radius 3 is 2.52 bits per heavy atom. The molecule has 9 heteroatoms. The number of carbonyl (C=O) groups is 4. The third kappa shape index (κ3) is 3.61. The van der Waals surface area contributed by atoms with Gasteiger partial charge in [-0.05, 0) is 24.6 Å². The molecule has 3 rings (SSSR count). The topological polar surface area (TPSA) is 118 Å². The van der Waals surface area contributed by atoms with Crippen LogP contribution in [0.15, 0.2) is 54.7 Å². The molecule has 1 saturated heterocycles. The molecule has 1 aromatic heterocycles. The van der Waals surface area contributed by atoms with Gasteiger partial charge in [-0.3, -0.25) is 15.0 Å². The lowest BCUT2D eigenvalue weighted by atomic mass is 9.92. The molecule has 0 aliphatic carbocycles. The Morgan fingerprint density at radius 1 is 1.15 bits per heavy atom. The number of urea groups is 1. The molecule has 1 aliphatic rings. The maximum Gasteiger partial charge on any atom is 0.357 e. The zero-order valence-electron chi connectivity index (χ0n) is 14.3. The van der Waals surface area contributed by atoms with E-state index in [1.807, 2.05) is 0 Å². The number of hydrogen-bond acceptors (Lipinski definition) is 6. The zero-order valence-corrected chi connectivity index (χ0v) is 14.3. The largest absolute Gasteiger partial charge is 0.451 e. The van der Waals surface area contributed by atoms with E-state index in [4.69, 9.17) is 4.74 Å². The summed E-state index contributed by atoms with van der Waals surface area (Å²) >= 11 is 0. The predicted molar refractivity (Wildman–Crippen MR) is 91.8 cm³/mol. The highest BCUT2D eigenvalue weighted by Gasteiger charge is 2.49. The van der Waals surface area contributed by atoms with Crippen LogP contribution in [0.4, 0.5) is 4.79 Å². The van der Waals surface area contributed by atoms with Crippen molar-refractivity contribution < 1.29 is 23.9 Å². The van der Waals surface area contributed by atoms with Crippen molar-refractivity contribution in [1.82, 2.24) is 20.7 Å². The van der Waals surface area contributed by atoms with Gasteiger partial charge in [0.25, 0.3) is 11.8 Å². The molecule has 2 N–H and O–H groups in total. The number of esters is 1. The minimum absolute atomic E-state index is 0.0388. The lowest BCUT2D eigenvalue weighted by Crippen LogP contribution is -2.49. The molecule has 1 aliphatic heterocycles. The number of hydrogen-bond donors (Lipinski definition) is 2. The van der Waals surface area contributed by atoms with Crippen molar-refractivity contribution in [3.05, 3.63) is 66.0 Å². The second-order valence-corrected chi connectivity index (χ2v) is 5.89. The van der Waals surface area contributed by atoms with Crippen LogP contribution in [-0.4, -0.2) is 40.4 Å². The van der Waals surface area contributed by atoms with Crippen LogP contribution in [0.1, 0.15) is 23.0 Å². The second kappa shape index (κ2) is 7.24. The van der Waals surface area contributed by atoms with E-state index in [-0.39, 0.29) is 5.69 Å². The quantitative estimate of drug-likeness (QED) is 0.594. The molecule has 1 atom stereocenters. The van der Waals surface area contributed by atoms with E-state index in [0.29, 0.717) is 10.6 Å². The predicted octanol–water partition coefficient (Wildman–Crippen LogP) is 0.737. The summed E-state index contributed by atoms with van der Waals surface area (Å²) in [5.41, 5.74) is 1.45. The molecule has 0 spiro atoms. The summed E-state index contributed by atoms with van der Waals surface area (Å²) < 4.78 is 4.82. The van der Waals surface area contributed by atoms with Crippen LogP contribution in [-0.2, 0) is 19.9 Å². The van der Waals surface area contributed by atoms with Crippen molar-refractivity contribution in [2.24, 2.45) is 0 Å². The number of carbonyl (C=O) groups excluding carboxylic acids is 4. The van der Waals surface area contributed by atoms with Gasteiger partial charge in [0.05, 0.1) is 0 Å². The highest BCUT2D eigenvalue weighted by Crippen LogP contribution is 2.27. The summed E-state index contributed by atoms with van der Waals surface area (Å²) in [7, 11) is 0. The van der Waals surface area contributed by atoms with Gasteiger partial charge in [-0.1, -0.05) is 36.4 Å². The number of pyridine rings is 1. The number of aromatic nitrogens is 1. The van der Waals surface area contributed by atoms with Crippen molar-refractivity contribution in [2.45, 2.75) is 12.5 Å². The van der Waals surface area contributed by atoms with Crippen LogP contribution < -0.4 is 10.7 Å². The highest BCUT2D eigenvalue weighted by molar-refractivity contribution is 6.08. The zero-order chi connectivity index (χ0) is 19.4. The fraction of sp³-hybridized carbons (Fsp3) is 0.167. The van der Waals surface area contributed by atoms with Gasteiger partial charge in [-0.2, -0.15) is 5.01 Å². The van der Waals surface area contributed by atoms with Gasteiger partial charge in [0, 0.05) is 6.20 Å². The van der Waals surface area contributed by atoms with Gasteiger partial charge in [0.1, 0.15) is 11.2 Å². The lowest BCUT2D eigenvalue weighted by molar-refractivity contribution is -0.140. The molecular weight excluding hydrogens is 352 g/mol. The van der Waals surface area contributed by atoms with Crippen molar-refractivity contribution >= 4 is 23.8 Å². The number of benzene rings is 1. The first-order chi connectivity index (χ1) is 12.9. The fourth-order valence-electron chi connectivity index (χ4n) is 2.55. The summed E-state index contributed by atoms with van der Waals surface area (Å²) in [6.45, 7) is 0.865. The summed E-state index contributed by atoms with van der Waals surface area (Å²) in [6.07, 6.45) is 1.41. The maximum atomic E-state index is 12.6. The average Bonchev–Trinajstić information content (AvgIpc) is 2.91. The van der Waals surface area contributed by atoms with E-state index >= 15 is 0 Å². The van der Waals surface area contributed by atoms with Crippen LogP contribution in [0.3, 0.4) is 0 Å². The van der Waals surface area contributed by atoms with Crippen molar-refractivity contribution in [3.8, 4) is 0 Å². The van der Waals surface area contributed by atoms with Gasteiger partial charge in [0.2, 0.25) is 0 Å². The SMILES string of the molecule is CC1(c2ccccc2)NC(=O)N(NC(=O)COC(=O)c2ccccn2)C1=O. The molecule has 9 nitrogen and oxygen atoms in total. The molecule has 0 radical (unpaired) electrons. The Morgan fingerprint density at radius 2 is 1.85 bits per heavy atom. The minimum atomic E-state index is -1.31. The first-order valence-corrected chi connectivity index (χ1v) is 8.01. The monoisotopic (exact) mass is 368 g/mol. The Labute approximate surface area is 154 Å². The van der Waals surface area contributed by atoms with Crippen molar-refractivity contribution in [1.29, 1.82) is 0 Å². The van der Waals surface area contributed by atoms with Crippen molar-refractivity contribution in [3.63, 3.8) is 0 Å². The Bertz CT molecular complexity index is 887. The van der Waals surface area contributed by atoms with Crippen LogP contribution in [0.2, 0.25) is 0 Å². The molecule has 1 unspecified atom stereocenters. The van der Waals surface area contributed by atoms with E-state index in [2.05, 4.69) is 15.7 Å². The summed E-state index contributed by atoms with van der Waals surface area (Å²) in [6, 6.07) is 12.5. The minimum Gasteiger partial charge on any atom is -0.451 e. The first-order valence-electron chi connectivity index (χ1n) is 8.01. The molecule has 138 valence electrons. The average molecular weight is 368 g/mol. The van der Waals surface area contributed by atoms with Crippen LogP contribution in [0.5, 0.6) is 0 Å².